The number of hydrogen-bond donors (Lipinski definition) is 0. The lowest BCUT2D eigenvalue weighted by molar-refractivity contribution is -0.123. The molecule has 2 aliphatic rings. The first kappa shape index (κ1) is 14.2. The average molecular weight is 288 g/mol. The monoisotopic (exact) mass is 288 g/mol. The molecule has 2 heterocycles. The summed E-state index contributed by atoms with van der Waals surface area (Å²) in [6.45, 7) is 6.55. The van der Waals surface area contributed by atoms with Gasteiger partial charge in [0.25, 0.3) is 5.91 Å². The van der Waals surface area contributed by atoms with E-state index in [4.69, 9.17) is 4.74 Å². The second kappa shape index (κ2) is 5.58. The van der Waals surface area contributed by atoms with Crippen LogP contribution in [0.2, 0.25) is 0 Å². The number of anilines is 1. The zero-order valence-electron chi connectivity index (χ0n) is 12.5. The van der Waals surface area contributed by atoms with Crippen molar-refractivity contribution in [3.05, 3.63) is 29.3 Å². The lowest BCUT2D eigenvalue weighted by atomic mass is 10.1. The summed E-state index contributed by atoms with van der Waals surface area (Å²) in [7, 11) is 0. The molecule has 21 heavy (non-hydrogen) atoms. The largest absolute Gasteiger partial charge is 0.379 e. The number of rotatable bonds is 2. The Hall–Kier alpha value is -1.72. The van der Waals surface area contributed by atoms with E-state index in [1.807, 2.05) is 32.0 Å². The van der Waals surface area contributed by atoms with E-state index in [9.17, 15) is 9.59 Å². The molecule has 1 aromatic carbocycles. The van der Waals surface area contributed by atoms with Gasteiger partial charge in [-0.3, -0.25) is 14.5 Å². The summed E-state index contributed by atoms with van der Waals surface area (Å²) >= 11 is 0. The number of imide groups is 1. The number of ether oxygens (including phenoxy) is 1. The van der Waals surface area contributed by atoms with Gasteiger partial charge >= 0.3 is 0 Å². The van der Waals surface area contributed by atoms with Gasteiger partial charge in [-0.15, -0.1) is 0 Å². The van der Waals surface area contributed by atoms with E-state index in [2.05, 4.69) is 4.90 Å². The van der Waals surface area contributed by atoms with Crippen LogP contribution in [0.4, 0.5) is 5.69 Å². The normalized spacial score (nSPS) is 23.9. The molecule has 5 heteroatoms. The van der Waals surface area contributed by atoms with Gasteiger partial charge in [-0.25, -0.2) is 4.90 Å². The predicted molar refractivity (Wildman–Crippen MR) is 79.2 cm³/mol. The quantitative estimate of drug-likeness (QED) is 0.769. The summed E-state index contributed by atoms with van der Waals surface area (Å²) < 4.78 is 5.32. The van der Waals surface area contributed by atoms with E-state index in [1.165, 1.54) is 4.90 Å². The second-order valence-corrected chi connectivity index (χ2v) is 5.68. The van der Waals surface area contributed by atoms with Gasteiger partial charge in [0.1, 0.15) is 0 Å². The van der Waals surface area contributed by atoms with Crippen LogP contribution < -0.4 is 4.90 Å². The number of amides is 2. The first-order chi connectivity index (χ1) is 10.1. The summed E-state index contributed by atoms with van der Waals surface area (Å²) in [6, 6.07) is 5.48. The molecule has 2 fully saturated rings. The molecule has 1 aromatic rings. The Labute approximate surface area is 124 Å². The van der Waals surface area contributed by atoms with Crippen LogP contribution in [0.15, 0.2) is 18.2 Å². The number of para-hydroxylation sites is 1. The smallest absolute Gasteiger partial charge is 0.251 e. The molecule has 0 saturated carbocycles. The summed E-state index contributed by atoms with van der Waals surface area (Å²) in [6.07, 6.45) is 0.270. The molecular weight excluding hydrogens is 268 g/mol. The molecule has 0 aliphatic carbocycles. The molecule has 0 aromatic heterocycles. The van der Waals surface area contributed by atoms with Crippen molar-refractivity contribution in [2.45, 2.75) is 26.3 Å². The highest BCUT2D eigenvalue weighted by molar-refractivity contribution is 6.23. The van der Waals surface area contributed by atoms with Gasteiger partial charge in [-0.05, 0) is 25.0 Å². The van der Waals surface area contributed by atoms with E-state index in [0.717, 1.165) is 16.8 Å². The van der Waals surface area contributed by atoms with Crippen LogP contribution in [0.5, 0.6) is 0 Å². The Morgan fingerprint density at radius 1 is 1.10 bits per heavy atom. The summed E-state index contributed by atoms with van der Waals surface area (Å²) in [4.78, 5) is 28.6. The third-order valence-corrected chi connectivity index (χ3v) is 4.27. The molecule has 0 N–H and O–H groups in total. The molecule has 0 radical (unpaired) electrons. The highest BCUT2D eigenvalue weighted by atomic mass is 16.5. The molecule has 1 atom stereocenters. The maximum absolute atomic E-state index is 12.7. The minimum absolute atomic E-state index is 0.0979. The van der Waals surface area contributed by atoms with E-state index in [1.54, 1.807) is 0 Å². The highest BCUT2D eigenvalue weighted by Crippen LogP contribution is 2.31. The number of hydrogen-bond acceptors (Lipinski definition) is 4. The number of carbonyl (C=O) groups is 2. The molecule has 2 amide bonds. The van der Waals surface area contributed by atoms with Crippen molar-refractivity contribution in [2.24, 2.45) is 0 Å². The van der Waals surface area contributed by atoms with Crippen molar-refractivity contribution in [3.8, 4) is 0 Å². The van der Waals surface area contributed by atoms with Crippen molar-refractivity contribution >= 4 is 17.5 Å². The van der Waals surface area contributed by atoms with Crippen molar-refractivity contribution in [1.29, 1.82) is 0 Å². The van der Waals surface area contributed by atoms with Crippen molar-refractivity contribution in [1.82, 2.24) is 4.90 Å². The number of aryl methyl sites for hydroxylation is 2. The van der Waals surface area contributed by atoms with E-state index in [-0.39, 0.29) is 24.3 Å². The van der Waals surface area contributed by atoms with E-state index >= 15 is 0 Å². The Morgan fingerprint density at radius 3 is 2.33 bits per heavy atom. The Morgan fingerprint density at radius 2 is 1.71 bits per heavy atom. The van der Waals surface area contributed by atoms with E-state index in [0.29, 0.717) is 26.3 Å². The standard InChI is InChI=1S/C16H20N2O3/c1-11-4-3-5-12(2)15(11)18-14(19)10-13(16(18)20)17-6-8-21-9-7-17/h3-5,13H,6-10H2,1-2H3/t13-/m1/s1. The van der Waals surface area contributed by atoms with Gasteiger partial charge in [0.2, 0.25) is 5.91 Å². The molecule has 5 nitrogen and oxygen atoms in total. The first-order valence-corrected chi connectivity index (χ1v) is 7.34. The third kappa shape index (κ3) is 2.47. The maximum atomic E-state index is 12.7. The molecule has 2 saturated heterocycles. The van der Waals surface area contributed by atoms with Gasteiger partial charge in [-0.2, -0.15) is 0 Å². The summed E-state index contributed by atoms with van der Waals surface area (Å²) in [5.74, 6) is -0.201. The summed E-state index contributed by atoms with van der Waals surface area (Å²) in [5.41, 5.74) is 2.67. The molecular formula is C16H20N2O3. The number of morpholine rings is 1. The molecule has 3 rings (SSSR count). The van der Waals surface area contributed by atoms with Crippen LogP contribution >= 0.6 is 0 Å². The molecule has 0 spiro atoms. The number of carbonyl (C=O) groups excluding carboxylic acids is 2. The molecule has 112 valence electrons. The van der Waals surface area contributed by atoms with Crippen molar-refractivity contribution in [2.75, 3.05) is 31.2 Å². The van der Waals surface area contributed by atoms with Crippen LogP contribution in [0.1, 0.15) is 17.5 Å². The fraction of sp³-hybridized carbons (Fsp3) is 0.500. The topological polar surface area (TPSA) is 49.9 Å². The predicted octanol–water partition coefficient (Wildman–Crippen LogP) is 1.27. The van der Waals surface area contributed by atoms with Crippen LogP contribution in [-0.2, 0) is 14.3 Å². The first-order valence-electron chi connectivity index (χ1n) is 7.34. The van der Waals surface area contributed by atoms with Crippen molar-refractivity contribution in [3.63, 3.8) is 0 Å². The molecule has 0 bridgehead atoms. The Kier molecular flexibility index (Phi) is 3.78. The lowest BCUT2D eigenvalue weighted by Crippen LogP contribution is -2.47. The molecule has 2 aliphatic heterocycles. The van der Waals surface area contributed by atoms with Gasteiger partial charge in [0.05, 0.1) is 31.4 Å². The SMILES string of the molecule is Cc1cccc(C)c1N1C(=O)C[C@@H](N2CCOCC2)C1=O. The second-order valence-electron chi connectivity index (χ2n) is 5.68. The van der Waals surface area contributed by atoms with Crippen molar-refractivity contribution < 1.29 is 14.3 Å². The minimum atomic E-state index is -0.333. The van der Waals surface area contributed by atoms with Crippen LogP contribution in [0, 0.1) is 13.8 Å². The van der Waals surface area contributed by atoms with Crippen LogP contribution in [-0.4, -0.2) is 49.1 Å². The molecule has 0 unspecified atom stereocenters. The average Bonchev–Trinajstić information content (AvgIpc) is 2.76. The van der Waals surface area contributed by atoms with Gasteiger partial charge in [-0.1, -0.05) is 18.2 Å². The van der Waals surface area contributed by atoms with Gasteiger partial charge in [0.15, 0.2) is 0 Å². The Bertz CT molecular complexity index is 559. The number of nitrogens with zero attached hydrogens (tertiary/aromatic N) is 2. The zero-order valence-corrected chi connectivity index (χ0v) is 12.5. The van der Waals surface area contributed by atoms with Gasteiger partial charge < -0.3 is 4.74 Å². The Balaban J connectivity index is 1.90. The van der Waals surface area contributed by atoms with Gasteiger partial charge in [0, 0.05) is 13.1 Å². The highest BCUT2D eigenvalue weighted by Gasteiger charge is 2.43. The fourth-order valence-electron chi connectivity index (χ4n) is 3.18. The third-order valence-electron chi connectivity index (χ3n) is 4.27. The maximum Gasteiger partial charge on any atom is 0.251 e. The minimum Gasteiger partial charge on any atom is -0.379 e. The number of benzene rings is 1. The zero-order chi connectivity index (χ0) is 15.0. The van der Waals surface area contributed by atoms with Crippen LogP contribution in [0.25, 0.3) is 0 Å². The van der Waals surface area contributed by atoms with E-state index < -0.39 is 0 Å². The summed E-state index contributed by atoms with van der Waals surface area (Å²) in [5, 5.41) is 0. The van der Waals surface area contributed by atoms with Crippen LogP contribution in [0.3, 0.4) is 0 Å². The fourth-order valence-corrected chi connectivity index (χ4v) is 3.18. The lowest BCUT2D eigenvalue weighted by Gasteiger charge is -2.30.